The first-order chi connectivity index (χ1) is 10.6. The fourth-order valence-electron chi connectivity index (χ4n) is 2.37. The lowest BCUT2D eigenvalue weighted by Gasteiger charge is -2.07. The highest BCUT2D eigenvalue weighted by Gasteiger charge is 2.20. The van der Waals surface area contributed by atoms with Crippen LogP contribution in [0.4, 0.5) is 5.95 Å². The number of aromatic carboxylic acids is 1. The summed E-state index contributed by atoms with van der Waals surface area (Å²) in [5.41, 5.74) is 7.50. The minimum Gasteiger partial charge on any atom is -0.476 e. The van der Waals surface area contributed by atoms with Crippen LogP contribution in [0.25, 0.3) is 22.4 Å². The normalized spacial score (nSPS) is 11.3. The minimum atomic E-state index is -1.16. The summed E-state index contributed by atoms with van der Waals surface area (Å²) < 4.78 is 2.64. The SMILES string of the molecule is Nc1nc2ccc(-n3nnc4ccccc43)c(C(=O)O)n2n1. The number of hydrogen-bond donors (Lipinski definition) is 2. The number of carbonyl (C=O) groups is 1. The van der Waals surface area contributed by atoms with Crippen LogP contribution in [-0.2, 0) is 0 Å². The van der Waals surface area contributed by atoms with Crippen LogP contribution in [0, 0.1) is 0 Å². The second-order valence-electron chi connectivity index (χ2n) is 4.60. The van der Waals surface area contributed by atoms with Crippen LogP contribution >= 0.6 is 0 Å². The molecule has 0 saturated carbocycles. The van der Waals surface area contributed by atoms with Crippen LogP contribution in [0.2, 0.25) is 0 Å². The highest BCUT2D eigenvalue weighted by atomic mass is 16.4. The van der Waals surface area contributed by atoms with E-state index >= 15 is 0 Å². The zero-order valence-corrected chi connectivity index (χ0v) is 11.1. The van der Waals surface area contributed by atoms with Gasteiger partial charge >= 0.3 is 5.97 Å². The van der Waals surface area contributed by atoms with Crippen molar-refractivity contribution in [3.05, 3.63) is 42.1 Å². The van der Waals surface area contributed by atoms with E-state index in [0.717, 1.165) is 0 Å². The monoisotopic (exact) mass is 295 g/mol. The number of nitrogen functional groups attached to an aromatic ring is 1. The first kappa shape index (κ1) is 12.3. The van der Waals surface area contributed by atoms with Crippen molar-refractivity contribution in [2.24, 2.45) is 0 Å². The molecular formula is C13H9N7O2. The molecule has 0 unspecified atom stereocenters. The molecule has 0 amide bonds. The molecule has 4 rings (SSSR count). The molecule has 0 atom stereocenters. The molecular weight excluding hydrogens is 286 g/mol. The summed E-state index contributed by atoms with van der Waals surface area (Å²) in [5, 5.41) is 21.5. The Bertz CT molecular complexity index is 1030. The molecule has 0 saturated heterocycles. The van der Waals surface area contributed by atoms with Crippen molar-refractivity contribution in [1.82, 2.24) is 29.6 Å². The maximum absolute atomic E-state index is 11.7. The smallest absolute Gasteiger partial charge is 0.356 e. The largest absolute Gasteiger partial charge is 0.476 e. The van der Waals surface area contributed by atoms with Gasteiger partial charge in [0.15, 0.2) is 11.3 Å². The Kier molecular flexibility index (Phi) is 2.37. The Morgan fingerprint density at radius 3 is 2.82 bits per heavy atom. The molecule has 108 valence electrons. The molecule has 0 fully saturated rings. The van der Waals surface area contributed by atoms with Crippen molar-refractivity contribution in [2.45, 2.75) is 0 Å². The van der Waals surface area contributed by atoms with Crippen molar-refractivity contribution >= 4 is 28.6 Å². The molecule has 3 heterocycles. The maximum Gasteiger partial charge on any atom is 0.356 e. The molecule has 0 radical (unpaired) electrons. The lowest BCUT2D eigenvalue weighted by molar-refractivity contribution is 0.0687. The fraction of sp³-hybridized carbons (Fsp3) is 0. The van der Waals surface area contributed by atoms with Crippen LogP contribution in [-0.4, -0.2) is 40.7 Å². The predicted octanol–water partition coefficient (Wildman–Crippen LogP) is 0.744. The summed E-state index contributed by atoms with van der Waals surface area (Å²) in [5.74, 6) is -1.16. The van der Waals surface area contributed by atoms with Gasteiger partial charge in [-0.25, -0.2) is 14.0 Å². The molecule has 9 heteroatoms. The van der Waals surface area contributed by atoms with Crippen molar-refractivity contribution in [2.75, 3.05) is 5.73 Å². The highest BCUT2D eigenvalue weighted by Crippen LogP contribution is 2.21. The van der Waals surface area contributed by atoms with E-state index in [9.17, 15) is 9.90 Å². The zero-order valence-electron chi connectivity index (χ0n) is 11.1. The Balaban J connectivity index is 2.10. The topological polar surface area (TPSA) is 124 Å². The third-order valence-electron chi connectivity index (χ3n) is 3.28. The van der Waals surface area contributed by atoms with Crippen LogP contribution in [0.3, 0.4) is 0 Å². The Hall–Kier alpha value is -3.49. The van der Waals surface area contributed by atoms with Crippen molar-refractivity contribution in [1.29, 1.82) is 0 Å². The van der Waals surface area contributed by atoms with Gasteiger partial charge < -0.3 is 10.8 Å². The van der Waals surface area contributed by atoms with Crippen LogP contribution < -0.4 is 5.73 Å². The molecule has 0 aliphatic rings. The van der Waals surface area contributed by atoms with Gasteiger partial charge in [-0.05, 0) is 24.3 Å². The molecule has 1 aromatic carbocycles. The molecule has 0 aliphatic carbocycles. The lowest BCUT2D eigenvalue weighted by Crippen LogP contribution is -2.13. The van der Waals surface area contributed by atoms with E-state index in [4.69, 9.17) is 5.73 Å². The molecule has 0 spiro atoms. The summed E-state index contributed by atoms with van der Waals surface area (Å²) in [6.45, 7) is 0. The van der Waals surface area contributed by atoms with Crippen molar-refractivity contribution in [3.63, 3.8) is 0 Å². The number of benzene rings is 1. The molecule has 22 heavy (non-hydrogen) atoms. The molecule has 3 N–H and O–H groups in total. The molecule has 0 aliphatic heterocycles. The first-order valence-corrected chi connectivity index (χ1v) is 6.34. The number of rotatable bonds is 2. The summed E-state index contributed by atoms with van der Waals surface area (Å²) in [6, 6.07) is 10.5. The van der Waals surface area contributed by atoms with E-state index < -0.39 is 5.97 Å². The third-order valence-corrected chi connectivity index (χ3v) is 3.28. The van der Waals surface area contributed by atoms with Gasteiger partial charge in [-0.3, -0.25) is 0 Å². The number of carboxylic acid groups (broad SMARTS) is 1. The number of nitrogens with zero attached hydrogens (tertiary/aromatic N) is 6. The van der Waals surface area contributed by atoms with Gasteiger partial charge in [-0.15, -0.1) is 10.2 Å². The Labute approximate surface area is 122 Å². The average Bonchev–Trinajstić information content (AvgIpc) is 3.07. The van der Waals surface area contributed by atoms with E-state index in [-0.39, 0.29) is 11.6 Å². The number of fused-ring (bicyclic) bond motifs is 2. The summed E-state index contributed by atoms with van der Waals surface area (Å²) >= 11 is 0. The quantitative estimate of drug-likeness (QED) is 0.559. The molecule has 4 aromatic rings. The maximum atomic E-state index is 11.7. The van der Waals surface area contributed by atoms with Crippen LogP contribution in [0.5, 0.6) is 0 Å². The average molecular weight is 295 g/mol. The van der Waals surface area contributed by atoms with Crippen molar-refractivity contribution < 1.29 is 9.90 Å². The van der Waals surface area contributed by atoms with E-state index in [0.29, 0.717) is 22.4 Å². The van der Waals surface area contributed by atoms with E-state index in [1.807, 2.05) is 12.1 Å². The van der Waals surface area contributed by atoms with Gasteiger partial charge in [0.25, 0.3) is 0 Å². The fourth-order valence-corrected chi connectivity index (χ4v) is 2.37. The van der Waals surface area contributed by atoms with Gasteiger partial charge in [0.05, 0.1) is 5.52 Å². The van der Waals surface area contributed by atoms with E-state index in [1.165, 1.54) is 9.20 Å². The number of nitrogens with two attached hydrogens (primary N) is 1. The van der Waals surface area contributed by atoms with Crippen molar-refractivity contribution in [3.8, 4) is 5.69 Å². The number of carboxylic acids is 1. The van der Waals surface area contributed by atoms with Crippen LogP contribution in [0.15, 0.2) is 36.4 Å². The second-order valence-corrected chi connectivity index (χ2v) is 4.60. The summed E-state index contributed by atoms with van der Waals surface area (Å²) in [6.07, 6.45) is 0. The summed E-state index contributed by atoms with van der Waals surface area (Å²) in [7, 11) is 0. The summed E-state index contributed by atoms with van der Waals surface area (Å²) in [4.78, 5) is 15.6. The Morgan fingerprint density at radius 2 is 2.00 bits per heavy atom. The molecule has 9 nitrogen and oxygen atoms in total. The third kappa shape index (κ3) is 1.62. The minimum absolute atomic E-state index is 0.00287. The second kappa shape index (κ2) is 4.25. The number of aromatic nitrogens is 6. The number of pyridine rings is 1. The van der Waals surface area contributed by atoms with Gasteiger partial charge in [-0.2, -0.15) is 4.98 Å². The highest BCUT2D eigenvalue weighted by molar-refractivity contribution is 5.92. The molecule has 0 bridgehead atoms. The van der Waals surface area contributed by atoms with E-state index in [2.05, 4.69) is 20.4 Å². The number of hydrogen-bond acceptors (Lipinski definition) is 6. The van der Waals surface area contributed by atoms with Gasteiger partial charge in [-0.1, -0.05) is 17.3 Å². The molecule has 3 aromatic heterocycles. The zero-order chi connectivity index (χ0) is 15.3. The van der Waals surface area contributed by atoms with Crippen LogP contribution in [0.1, 0.15) is 10.5 Å². The number of anilines is 1. The van der Waals surface area contributed by atoms with Gasteiger partial charge in [0.2, 0.25) is 5.95 Å². The van der Waals surface area contributed by atoms with Gasteiger partial charge in [0.1, 0.15) is 11.2 Å². The predicted molar refractivity (Wildman–Crippen MR) is 76.8 cm³/mol. The number of para-hydroxylation sites is 1. The standard InChI is InChI=1S/C13H9N7O2/c14-13-15-10-6-5-9(11(12(21)22)20(10)17-13)19-8-4-2-1-3-7(8)16-18-19/h1-6H,(H2,14,17)(H,21,22). The van der Waals surface area contributed by atoms with E-state index in [1.54, 1.807) is 24.3 Å². The van der Waals surface area contributed by atoms with Gasteiger partial charge in [0, 0.05) is 0 Å². The Morgan fingerprint density at radius 1 is 1.18 bits per heavy atom. The lowest BCUT2D eigenvalue weighted by atomic mass is 10.2. The first-order valence-electron chi connectivity index (χ1n) is 6.34.